The standard InChI is InChI=1S/C28H31F2N7O2/c1-16(2)36(32-4)22-10-8-20(25(17(22)3)35-14-23(31)28(15-35)12-13-28)33-27(39)21-9-11-24(38)37(34-21)26-18(29)6-5-7-19(26)30/h5-11,16,23H,4,12-15,31H2,1-3H3,(H,33,39)/t23-/m0/s1. The minimum Gasteiger partial charge on any atom is -0.367 e. The van der Waals surface area contributed by atoms with Crippen LogP contribution in [-0.4, -0.2) is 47.6 Å². The normalized spacial score (nSPS) is 17.5. The van der Waals surface area contributed by atoms with E-state index in [9.17, 15) is 18.4 Å². The highest BCUT2D eigenvalue weighted by molar-refractivity contribution is 6.05. The Morgan fingerprint density at radius 2 is 1.87 bits per heavy atom. The number of hydrogen-bond acceptors (Lipinski definition) is 7. The summed E-state index contributed by atoms with van der Waals surface area (Å²) < 4.78 is 29.3. The minimum atomic E-state index is -0.972. The molecule has 1 saturated carbocycles. The van der Waals surface area contributed by atoms with Crippen LogP contribution < -0.4 is 26.5 Å². The van der Waals surface area contributed by atoms with Crippen molar-refractivity contribution in [2.24, 2.45) is 16.3 Å². The third-order valence-electron chi connectivity index (χ3n) is 7.64. The smallest absolute Gasteiger partial charge is 0.276 e. The third-order valence-corrected chi connectivity index (χ3v) is 7.64. The lowest BCUT2D eigenvalue weighted by atomic mass is 10.0. The fourth-order valence-electron chi connectivity index (χ4n) is 5.39. The molecule has 0 bridgehead atoms. The van der Waals surface area contributed by atoms with Gasteiger partial charge in [-0.2, -0.15) is 14.9 Å². The second kappa shape index (κ2) is 9.88. The molecule has 2 fully saturated rings. The van der Waals surface area contributed by atoms with Crippen molar-refractivity contribution in [3.63, 3.8) is 0 Å². The second-order valence-electron chi connectivity index (χ2n) is 10.5. The van der Waals surface area contributed by atoms with Crippen LogP contribution in [0.4, 0.5) is 25.8 Å². The summed E-state index contributed by atoms with van der Waals surface area (Å²) in [6, 6.07) is 9.20. The molecule has 1 aliphatic carbocycles. The van der Waals surface area contributed by atoms with E-state index in [2.05, 4.69) is 27.1 Å². The van der Waals surface area contributed by atoms with Gasteiger partial charge in [0.25, 0.3) is 11.5 Å². The highest BCUT2D eigenvalue weighted by Gasteiger charge is 2.54. The molecule has 2 aliphatic rings. The van der Waals surface area contributed by atoms with Crippen molar-refractivity contribution in [1.82, 2.24) is 9.78 Å². The molecule has 39 heavy (non-hydrogen) atoms. The maximum absolute atomic E-state index is 14.4. The van der Waals surface area contributed by atoms with Crippen molar-refractivity contribution in [3.05, 3.63) is 75.7 Å². The molecule has 1 aromatic heterocycles. The van der Waals surface area contributed by atoms with Gasteiger partial charge in [0.1, 0.15) is 11.4 Å². The number of nitrogens with zero attached hydrogens (tertiary/aromatic N) is 5. The minimum absolute atomic E-state index is 0.0173. The maximum Gasteiger partial charge on any atom is 0.276 e. The molecule has 0 unspecified atom stereocenters. The Balaban J connectivity index is 1.54. The van der Waals surface area contributed by atoms with E-state index in [0.29, 0.717) is 16.9 Å². The number of para-hydroxylation sites is 1. The molecule has 2 heterocycles. The van der Waals surface area contributed by atoms with Gasteiger partial charge in [-0.25, -0.2) is 8.78 Å². The van der Waals surface area contributed by atoms with Crippen LogP contribution in [-0.2, 0) is 0 Å². The van der Waals surface area contributed by atoms with E-state index in [0.717, 1.165) is 54.5 Å². The number of halogens is 2. The van der Waals surface area contributed by atoms with Crippen LogP contribution in [0.3, 0.4) is 0 Å². The Morgan fingerprint density at radius 1 is 1.18 bits per heavy atom. The monoisotopic (exact) mass is 535 g/mol. The lowest BCUT2D eigenvalue weighted by Gasteiger charge is -2.30. The molecule has 0 radical (unpaired) electrons. The number of carbonyl (C=O) groups is 1. The Kier molecular flexibility index (Phi) is 6.71. The first-order valence-electron chi connectivity index (χ1n) is 12.8. The second-order valence-corrected chi connectivity index (χ2v) is 10.5. The first kappa shape index (κ1) is 26.5. The van der Waals surface area contributed by atoms with Crippen LogP contribution in [0.15, 0.2) is 52.4 Å². The summed E-state index contributed by atoms with van der Waals surface area (Å²) in [5, 5.41) is 12.9. The van der Waals surface area contributed by atoms with E-state index >= 15 is 0 Å². The van der Waals surface area contributed by atoms with Gasteiger partial charge < -0.3 is 16.0 Å². The van der Waals surface area contributed by atoms with Crippen molar-refractivity contribution < 1.29 is 13.6 Å². The molecular formula is C28H31F2N7O2. The van der Waals surface area contributed by atoms with E-state index in [-0.39, 0.29) is 23.2 Å². The number of hydrazone groups is 1. The molecule has 1 aliphatic heterocycles. The van der Waals surface area contributed by atoms with E-state index in [1.54, 1.807) is 6.07 Å². The van der Waals surface area contributed by atoms with Crippen LogP contribution in [0.1, 0.15) is 42.7 Å². The molecule has 11 heteroatoms. The highest BCUT2D eigenvalue weighted by Crippen LogP contribution is 2.54. The average molecular weight is 536 g/mol. The fourth-order valence-corrected chi connectivity index (χ4v) is 5.39. The largest absolute Gasteiger partial charge is 0.367 e. The molecule has 1 atom stereocenters. The first-order chi connectivity index (χ1) is 18.6. The topological polar surface area (TPSA) is 109 Å². The van der Waals surface area contributed by atoms with Crippen molar-refractivity contribution in [2.45, 2.75) is 45.7 Å². The number of amides is 1. The Hall–Kier alpha value is -4.12. The molecule has 1 spiro atoms. The average Bonchev–Trinajstić information content (AvgIpc) is 3.59. The summed E-state index contributed by atoms with van der Waals surface area (Å²) in [6.07, 6.45) is 2.13. The van der Waals surface area contributed by atoms with Crippen LogP contribution in [0.25, 0.3) is 5.69 Å². The number of rotatable bonds is 7. The predicted molar refractivity (Wildman–Crippen MR) is 148 cm³/mol. The highest BCUT2D eigenvalue weighted by atomic mass is 19.1. The summed E-state index contributed by atoms with van der Waals surface area (Å²) in [4.78, 5) is 28.0. The molecule has 1 saturated heterocycles. The Bertz CT molecular complexity index is 1500. The Morgan fingerprint density at radius 3 is 2.46 bits per heavy atom. The zero-order valence-corrected chi connectivity index (χ0v) is 22.1. The summed E-state index contributed by atoms with van der Waals surface area (Å²) in [7, 11) is 0. The van der Waals surface area contributed by atoms with Gasteiger partial charge in [-0.1, -0.05) is 6.07 Å². The number of anilines is 3. The quantitative estimate of drug-likeness (QED) is 0.352. The lowest BCUT2D eigenvalue weighted by Crippen LogP contribution is -2.31. The molecule has 204 valence electrons. The molecule has 1 amide bonds. The SMILES string of the molecule is C=NN(c1ccc(NC(=O)c2ccc(=O)n(-c3c(F)cccc3F)n2)c(N2C[C@H](N)C3(CC3)C2)c1C)C(C)C. The lowest BCUT2D eigenvalue weighted by molar-refractivity contribution is 0.102. The summed E-state index contributed by atoms with van der Waals surface area (Å²) >= 11 is 0. The van der Waals surface area contributed by atoms with Crippen molar-refractivity contribution in [3.8, 4) is 5.69 Å². The van der Waals surface area contributed by atoms with Gasteiger partial charge in [0.2, 0.25) is 0 Å². The summed E-state index contributed by atoms with van der Waals surface area (Å²) in [6.45, 7) is 11.1. The van der Waals surface area contributed by atoms with Crippen LogP contribution in [0.5, 0.6) is 0 Å². The molecule has 3 aromatic rings. The Labute approximate surface area is 224 Å². The number of carbonyl (C=O) groups excluding carboxylic acids is 1. The molecule has 2 aromatic carbocycles. The third kappa shape index (κ3) is 4.67. The number of benzene rings is 2. The van der Waals surface area contributed by atoms with Crippen molar-refractivity contribution in [2.75, 3.05) is 28.3 Å². The number of aromatic nitrogens is 2. The van der Waals surface area contributed by atoms with Crippen LogP contribution in [0.2, 0.25) is 0 Å². The molecule has 9 nitrogen and oxygen atoms in total. The van der Waals surface area contributed by atoms with E-state index in [1.165, 1.54) is 12.1 Å². The van der Waals surface area contributed by atoms with Gasteiger partial charge in [-0.15, -0.1) is 0 Å². The van der Waals surface area contributed by atoms with E-state index in [1.807, 2.05) is 31.8 Å². The van der Waals surface area contributed by atoms with Gasteiger partial charge >= 0.3 is 0 Å². The summed E-state index contributed by atoms with van der Waals surface area (Å²) in [5.41, 5.74) is 8.06. The molecule has 3 N–H and O–H groups in total. The molecule has 5 rings (SSSR count). The number of nitrogens with one attached hydrogen (secondary N) is 1. The van der Waals surface area contributed by atoms with Gasteiger partial charge in [0.15, 0.2) is 11.6 Å². The first-order valence-corrected chi connectivity index (χ1v) is 12.8. The summed E-state index contributed by atoms with van der Waals surface area (Å²) in [5.74, 6) is -2.58. The van der Waals surface area contributed by atoms with E-state index < -0.39 is 28.8 Å². The maximum atomic E-state index is 14.4. The number of nitrogens with two attached hydrogens (primary N) is 1. The van der Waals surface area contributed by atoms with Gasteiger partial charge in [-0.05, 0) is 69.5 Å². The number of hydrogen-bond donors (Lipinski definition) is 2. The van der Waals surface area contributed by atoms with Gasteiger partial charge in [-0.3, -0.25) is 14.6 Å². The van der Waals surface area contributed by atoms with Crippen LogP contribution >= 0.6 is 0 Å². The molecular weight excluding hydrogens is 504 g/mol. The van der Waals surface area contributed by atoms with Gasteiger partial charge in [0, 0.05) is 43.4 Å². The van der Waals surface area contributed by atoms with Crippen molar-refractivity contribution in [1.29, 1.82) is 0 Å². The van der Waals surface area contributed by atoms with Crippen molar-refractivity contribution >= 4 is 29.7 Å². The van der Waals surface area contributed by atoms with Crippen LogP contribution in [0, 0.1) is 24.0 Å². The van der Waals surface area contributed by atoms with E-state index in [4.69, 9.17) is 5.73 Å². The zero-order valence-electron chi connectivity index (χ0n) is 22.1. The zero-order chi connectivity index (χ0) is 28.1. The fraction of sp³-hybridized carbons (Fsp3) is 0.357. The van der Waals surface area contributed by atoms with Gasteiger partial charge in [0.05, 0.1) is 17.1 Å². The predicted octanol–water partition coefficient (Wildman–Crippen LogP) is 3.83.